The molecular formula is C16H19F6NO. The van der Waals surface area contributed by atoms with E-state index in [4.69, 9.17) is 0 Å². The van der Waals surface area contributed by atoms with Gasteiger partial charge in [0.15, 0.2) is 0 Å². The standard InChI is InChI=1S/C16H19F6NO/c1-4-5-6-23-13(24)14(2,3)10-7-11(15(17,18)19)9-12(8-10)16(20,21)22/h7-9H,4-6H2,1-3H3,(H,23,24). The molecule has 0 fully saturated rings. The Kier molecular flexibility index (Phi) is 5.95. The van der Waals surface area contributed by atoms with Crippen molar-refractivity contribution in [3.05, 3.63) is 34.9 Å². The van der Waals surface area contributed by atoms with Gasteiger partial charge in [0.1, 0.15) is 0 Å². The summed E-state index contributed by atoms with van der Waals surface area (Å²) in [5.41, 5.74) is -4.73. The normalized spacial score (nSPS) is 13.0. The van der Waals surface area contributed by atoms with Crippen LogP contribution in [-0.4, -0.2) is 12.5 Å². The fourth-order valence-electron chi connectivity index (χ4n) is 2.05. The topological polar surface area (TPSA) is 29.1 Å². The number of rotatable bonds is 5. The number of hydrogen-bond donors (Lipinski definition) is 1. The second-order valence-electron chi connectivity index (χ2n) is 6.03. The summed E-state index contributed by atoms with van der Waals surface area (Å²) in [6, 6.07) is 1.23. The lowest BCUT2D eigenvalue weighted by atomic mass is 9.81. The summed E-state index contributed by atoms with van der Waals surface area (Å²) in [6.07, 6.45) is -8.42. The first-order valence-corrected chi connectivity index (χ1v) is 7.38. The van der Waals surface area contributed by atoms with Gasteiger partial charge in [-0.2, -0.15) is 26.3 Å². The van der Waals surface area contributed by atoms with Crippen LogP contribution in [0.4, 0.5) is 26.3 Å². The molecule has 1 aromatic rings. The molecule has 24 heavy (non-hydrogen) atoms. The molecule has 1 N–H and O–H groups in total. The molecule has 2 nitrogen and oxygen atoms in total. The van der Waals surface area contributed by atoms with Crippen molar-refractivity contribution in [3.63, 3.8) is 0 Å². The van der Waals surface area contributed by atoms with E-state index < -0.39 is 34.8 Å². The number of carbonyl (C=O) groups excluding carboxylic acids is 1. The van der Waals surface area contributed by atoms with Gasteiger partial charge in [-0.3, -0.25) is 4.79 Å². The van der Waals surface area contributed by atoms with Gasteiger partial charge in [0.25, 0.3) is 0 Å². The number of unbranched alkanes of at least 4 members (excludes halogenated alkanes) is 1. The van der Waals surface area contributed by atoms with Gasteiger partial charge in [0.05, 0.1) is 16.5 Å². The highest BCUT2D eigenvalue weighted by molar-refractivity contribution is 5.87. The molecule has 0 heterocycles. The van der Waals surface area contributed by atoms with Crippen molar-refractivity contribution in [1.82, 2.24) is 5.32 Å². The summed E-state index contributed by atoms with van der Waals surface area (Å²) in [6.45, 7) is 4.79. The van der Waals surface area contributed by atoms with E-state index >= 15 is 0 Å². The molecule has 8 heteroatoms. The maximum Gasteiger partial charge on any atom is 0.416 e. The van der Waals surface area contributed by atoms with Crippen molar-refractivity contribution in [1.29, 1.82) is 0 Å². The van der Waals surface area contributed by atoms with Gasteiger partial charge in [-0.15, -0.1) is 0 Å². The van der Waals surface area contributed by atoms with Crippen LogP contribution in [0.3, 0.4) is 0 Å². The van der Waals surface area contributed by atoms with Crippen molar-refractivity contribution in [2.45, 2.75) is 51.4 Å². The monoisotopic (exact) mass is 355 g/mol. The second-order valence-corrected chi connectivity index (χ2v) is 6.03. The maximum absolute atomic E-state index is 12.9. The number of nitrogens with one attached hydrogen (secondary N) is 1. The lowest BCUT2D eigenvalue weighted by Crippen LogP contribution is -2.40. The highest BCUT2D eigenvalue weighted by atomic mass is 19.4. The van der Waals surface area contributed by atoms with E-state index in [0.717, 1.165) is 6.42 Å². The molecule has 0 spiro atoms. The van der Waals surface area contributed by atoms with E-state index in [-0.39, 0.29) is 11.6 Å². The average Bonchev–Trinajstić information content (AvgIpc) is 2.45. The summed E-state index contributed by atoms with van der Waals surface area (Å²) >= 11 is 0. The Morgan fingerprint density at radius 2 is 1.33 bits per heavy atom. The number of carbonyl (C=O) groups is 1. The molecule has 0 aromatic heterocycles. The Morgan fingerprint density at radius 1 is 0.917 bits per heavy atom. The fraction of sp³-hybridized carbons (Fsp3) is 0.562. The Hall–Kier alpha value is -1.73. The SMILES string of the molecule is CCCCNC(=O)C(C)(C)c1cc(C(F)(F)F)cc(C(F)(F)F)c1. The summed E-state index contributed by atoms with van der Waals surface area (Å²) in [5, 5.41) is 2.54. The van der Waals surface area contributed by atoms with Crippen LogP contribution in [0.25, 0.3) is 0 Å². The van der Waals surface area contributed by atoms with Gasteiger partial charge < -0.3 is 5.32 Å². The summed E-state index contributed by atoms with van der Waals surface area (Å²) in [4.78, 5) is 12.2. The lowest BCUT2D eigenvalue weighted by Gasteiger charge is -2.26. The van der Waals surface area contributed by atoms with Gasteiger partial charge in [0.2, 0.25) is 5.91 Å². The Bertz CT molecular complexity index is 557. The molecule has 0 aliphatic heterocycles. The zero-order chi connectivity index (χ0) is 18.8. The Morgan fingerprint density at radius 3 is 1.71 bits per heavy atom. The van der Waals surface area contributed by atoms with E-state index in [2.05, 4.69) is 5.32 Å². The summed E-state index contributed by atoms with van der Waals surface area (Å²) in [7, 11) is 0. The van der Waals surface area contributed by atoms with E-state index in [0.29, 0.717) is 25.1 Å². The maximum atomic E-state index is 12.9. The first kappa shape index (κ1) is 20.3. The van der Waals surface area contributed by atoms with Crippen LogP contribution < -0.4 is 5.32 Å². The van der Waals surface area contributed by atoms with E-state index in [1.54, 1.807) is 0 Å². The Labute approximate surface area is 136 Å². The number of benzene rings is 1. The number of alkyl halides is 6. The van der Waals surface area contributed by atoms with Crippen molar-refractivity contribution in [2.75, 3.05) is 6.54 Å². The van der Waals surface area contributed by atoms with Crippen molar-refractivity contribution < 1.29 is 31.1 Å². The highest BCUT2D eigenvalue weighted by Gasteiger charge is 2.40. The average molecular weight is 355 g/mol. The number of amides is 1. The molecular weight excluding hydrogens is 336 g/mol. The third-order valence-corrected chi connectivity index (χ3v) is 3.69. The molecule has 0 aliphatic rings. The van der Waals surface area contributed by atoms with E-state index in [1.165, 1.54) is 13.8 Å². The second kappa shape index (κ2) is 7.03. The van der Waals surface area contributed by atoms with Crippen LogP contribution >= 0.6 is 0 Å². The smallest absolute Gasteiger partial charge is 0.355 e. The van der Waals surface area contributed by atoms with E-state index in [1.807, 2.05) is 6.92 Å². The van der Waals surface area contributed by atoms with Crippen molar-refractivity contribution in [3.8, 4) is 0 Å². The third kappa shape index (κ3) is 4.88. The third-order valence-electron chi connectivity index (χ3n) is 3.69. The van der Waals surface area contributed by atoms with Crippen LogP contribution in [0, 0.1) is 0 Å². The van der Waals surface area contributed by atoms with Crippen molar-refractivity contribution in [2.24, 2.45) is 0 Å². The van der Waals surface area contributed by atoms with Gasteiger partial charge in [-0.05, 0) is 44.0 Å². The molecule has 0 aliphatic carbocycles. The van der Waals surface area contributed by atoms with Crippen LogP contribution in [0.2, 0.25) is 0 Å². The molecule has 1 amide bonds. The minimum Gasteiger partial charge on any atom is -0.355 e. The van der Waals surface area contributed by atoms with Crippen LogP contribution in [-0.2, 0) is 22.6 Å². The molecule has 0 bridgehead atoms. The quantitative estimate of drug-likeness (QED) is 0.590. The van der Waals surface area contributed by atoms with Gasteiger partial charge in [0, 0.05) is 6.54 Å². The Balaban J connectivity index is 3.33. The zero-order valence-corrected chi connectivity index (χ0v) is 13.5. The molecule has 136 valence electrons. The van der Waals surface area contributed by atoms with Gasteiger partial charge >= 0.3 is 12.4 Å². The van der Waals surface area contributed by atoms with E-state index in [9.17, 15) is 31.1 Å². The van der Waals surface area contributed by atoms with Crippen LogP contribution in [0.1, 0.15) is 50.3 Å². The molecule has 0 atom stereocenters. The largest absolute Gasteiger partial charge is 0.416 e. The molecule has 0 saturated heterocycles. The minimum atomic E-state index is -4.94. The predicted molar refractivity (Wildman–Crippen MR) is 77.4 cm³/mol. The lowest BCUT2D eigenvalue weighted by molar-refractivity contribution is -0.143. The minimum absolute atomic E-state index is 0.0502. The fourth-order valence-corrected chi connectivity index (χ4v) is 2.05. The first-order valence-electron chi connectivity index (χ1n) is 7.38. The molecule has 1 aromatic carbocycles. The molecule has 1 rings (SSSR count). The van der Waals surface area contributed by atoms with Crippen LogP contribution in [0.5, 0.6) is 0 Å². The van der Waals surface area contributed by atoms with Gasteiger partial charge in [-0.25, -0.2) is 0 Å². The number of hydrogen-bond acceptors (Lipinski definition) is 1. The van der Waals surface area contributed by atoms with Crippen molar-refractivity contribution >= 4 is 5.91 Å². The first-order chi connectivity index (χ1) is 10.8. The van der Waals surface area contributed by atoms with Crippen LogP contribution in [0.15, 0.2) is 18.2 Å². The van der Waals surface area contributed by atoms with Gasteiger partial charge in [-0.1, -0.05) is 13.3 Å². The predicted octanol–water partition coefficient (Wildman–Crippen LogP) is 4.92. The highest BCUT2D eigenvalue weighted by Crippen LogP contribution is 2.38. The molecule has 0 saturated carbocycles. The summed E-state index contributed by atoms with van der Waals surface area (Å²) in [5.74, 6) is -0.622. The molecule has 0 radical (unpaired) electrons. The summed E-state index contributed by atoms with van der Waals surface area (Å²) < 4.78 is 77.4. The zero-order valence-electron chi connectivity index (χ0n) is 13.5. The molecule has 0 unspecified atom stereocenters. The number of halogens is 6.